The van der Waals surface area contributed by atoms with Gasteiger partial charge in [0, 0.05) is 47.3 Å². The molecular formula is C54H76N2O6. The number of ether oxygens (including phenoxy) is 4. The molecule has 62 heavy (non-hydrogen) atoms. The summed E-state index contributed by atoms with van der Waals surface area (Å²) < 4.78 is 27.1. The van der Waals surface area contributed by atoms with Crippen molar-refractivity contribution in [2.24, 2.45) is 92.7 Å². The van der Waals surface area contributed by atoms with Gasteiger partial charge in [-0.1, -0.05) is 78.7 Å². The monoisotopic (exact) mass is 849 g/mol. The van der Waals surface area contributed by atoms with E-state index in [9.17, 15) is 10.2 Å². The summed E-state index contributed by atoms with van der Waals surface area (Å²) in [5.74, 6) is 4.14. The van der Waals surface area contributed by atoms with Crippen LogP contribution in [-0.2, 0) is 44.6 Å². The lowest BCUT2D eigenvalue weighted by Crippen LogP contribution is -2.58. The summed E-state index contributed by atoms with van der Waals surface area (Å²) in [6.07, 6.45) is 19.0. The molecule has 5 heterocycles. The van der Waals surface area contributed by atoms with Gasteiger partial charge in [0.15, 0.2) is 11.6 Å². The lowest BCUT2D eigenvalue weighted by Gasteiger charge is -2.61. The third-order valence-electron chi connectivity index (χ3n) is 22.9. The second-order valence-electron chi connectivity index (χ2n) is 25.4. The van der Waals surface area contributed by atoms with Crippen LogP contribution in [0.5, 0.6) is 0 Å². The predicted molar refractivity (Wildman–Crippen MR) is 235 cm³/mol. The highest BCUT2D eigenvalue weighted by atomic mass is 16.7. The molecule has 0 amide bonds. The van der Waals surface area contributed by atoms with Crippen LogP contribution in [0.4, 0.5) is 0 Å². The molecule has 0 bridgehead atoms. The molecule has 4 saturated heterocycles. The fourth-order valence-corrected chi connectivity index (χ4v) is 19.1. The molecule has 2 spiro atoms. The Balaban J connectivity index is 0.762. The Bertz CT molecular complexity index is 1970. The van der Waals surface area contributed by atoms with Gasteiger partial charge < -0.3 is 29.2 Å². The van der Waals surface area contributed by atoms with E-state index >= 15 is 0 Å². The van der Waals surface area contributed by atoms with Gasteiger partial charge in [-0.05, 0) is 135 Å². The number of hydrogen-bond donors (Lipinski definition) is 2. The molecule has 4 aliphatic heterocycles. The highest BCUT2D eigenvalue weighted by Gasteiger charge is 2.71. The molecule has 0 unspecified atom stereocenters. The molecule has 0 aromatic carbocycles. The number of aliphatic hydroxyl groups excluding tert-OH is 2. The first-order valence-electron chi connectivity index (χ1n) is 25.8. The Labute approximate surface area is 371 Å². The Morgan fingerprint density at radius 3 is 1.37 bits per heavy atom. The fourth-order valence-electron chi connectivity index (χ4n) is 19.1. The maximum absolute atomic E-state index is 12.4. The van der Waals surface area contributed by atoms with E-state index < -0.39 is 11.6 Å². The normalized spacial score (nSPS) is 57.8. The average molecular weight is 849 g/mol. The largest absolute Gasteiger partial charge is 0.392 e. The van der Waals surface area contributed by atoms with Crippen molar-refractivity contribution >= 4 is 0 Å². The van der Waals surface area contributed by atoms with Gasteiger partial charge >= 0.3 is 0 Å². The lowest BCUT2D eigenvalue weighted by molar-refractivity contribution is -0.265. The Morgan fingerprint density at radius 1 is 0.565 bits per heavy atom. The predicted octanol–water partition coefficient (Wildman–Crippen LogP) is 8.98. The molecule has 4 saturated carbocycles. The van der Waals surface area contributed by atoms with E-state index in [1.54, 1.807) is 0 Å². The Kier molecular flexibility index (Phi) is 8.54. The van der Waals surface area contributed by atoms with Crippen LogP contribution in [0, 0.1) is 92.7 Å². The summed E-state index contributed by atoms with van der Waals surface area (Å²) >= 11 is 0. The fraction of sp³-hybridized carbons (Fsp3) is 0.852. The first-order chi connectivity index (χ1) is 29.5. The molecule has 338 valence electrons. The summed E-state index contributed by atoms with van der Waals surface area (Å²) in [7, 11) is 0. The standard InChI is InChI=1S/C54H76N2O6/c1-27-13-15-53(59-25-27)29(3)47-43(61-53)19-37-33-11-9-31-17-39-41(23-49(31,5)35(33)21-45(57)51(37,47)7)55-40-18-32-10-12-34-36(50(32,6)24-42(40)56-39)22-46(58)52(8)38(34)20-44-48(52)30(4)54(62-44)16-14-28(2)26-60-54/h19-20,27-36,43-48,57-58H,9-18,21-26H2,1-8H3/t27-,28-,29-,30-,31-,32-,33+,34+,35-,36-,43-,44-,45-,46+,47-,48-,49-,50-,51+,52+,53+,54+/m0/s1. The smallest absolute Gasteiger partial charge is 0.172 e. The van der Waals surface area contributed by atoms with Crippen LogP contribution in [0.25, 0.3) is 0 Å². The van der Waals surface area contributed by atoms with E-state index in [2.05, 4.69) is 67.5 Å². The zero-order valence-electron chi connectivity index (χ0n) is 39.1. The lowest BCUT2D eigenvalue weighted by atomic mass is 9.44. The van der Waals surface area contributed by atoms with Crippen LogP contribution in [0.15, 0.2) is 23.3 Å². The summed E-state index contributed by atoms with van der Waals surface area (Å²) in [6, 6.07) is 0. The van der Waals surface area contributed by atoms with Gasteiger partial charge in [-0.3, -0.25) is 9.97 Å². The third kappa shape index (κ3) is 4.97. The number of nitrogens with zero attached hydrogens (tertiary/aromatic N) is 2. The van der Waals surface area contributed by atoms with Crippen LogP contribution >= 0.6 is 0 Å². The van der Waals surface area contributed by atoms with Gasteiger partial charge in [0.2, 0.25) is 0 Å². The topological polar surface area (TPSA) is 103 Å². The number of hydrogen-bond acceptors (Lipinski definition) is 8. The molecule has 13 rings (SSSR count). The number of aliphatic hydroxyl groups is 2. The van der Waals surface area contributed by atoms with E-state index in [1.807, 2.05) is 0 Å². The Hall–Kier alpha value is -1.68. The molecule has 1 aromatic heterocycles. The number of aromatic nitrogens is 2. The minimum absolute atomic E-state index is 0.0317. The summed E-state index contributed by atoms with van der Waals surface area (Å²) in [6.45, 7) is 20.7. The molecule has 2 N–H and O–H groups in total. The summed E-state index contributed by atoms with van der Waals surface area (Å²) in [4.78, 5) is 11.3. The summed E-state index contributed by atoms with van der Waals surface area (Å²) in [5, 5.41) is 24.9. The molecule has 1 aromatic rings. The van der Waals surface area contributed by atoms with Crippen LogP contribution in [0.2, 0.25) is 0 Å². The van der Waals surface area contributed by atoms with E-state index in [4.69, 9.17) is 28.9 Å². The van der Waals surface area contributed by atoms with Gasteiger partial charge in [-0.15, -0.1) is 0 Å². The molecule has 12 aliphatic rings. The van der Waals surface area contributed by atoms with Crippen molar-refractivity contribution in [1.82, 2.24) is 9.97 Å². The third-order valence-corrected chi connectivity index (χ3v) is 22.9. The first kappa shape index (κ1) is 40.6. The highest BCUT2D eigenvalue weighted by Crippen LogP contribution is 2.71. The molecule has 8 aliphatic carbocycles. The van der Waals surface area contributed by atoms with Crippen molar-refractivity contribution in [3.8, 4) is 0 Å². The van der Waals surface area contributed by atoms with E-state index in [1.165, 1.54) is 59.6 Å². The van der Waals surface area contributed by atoms with Crippen molar-refractivity contribution in [1.29, 1.82) is 0 Å². The van der Waals surface area contributed by atoms with Gasteiger partial charge in [0.25, 0.3) is 0 Å². The van der Waals surface area contributed by atoms with Gasteiger partial charge in [0.05, 0.1) is 60.4 Å². The second-order valence-corrected chi connectivity index (χ2v) is 25.4. The molecule has 22 atom stereocenters. The number of fused-ring (bicyclic) bond motifs is 16. The quantitative estimate of drug-likeness (QED) is 0.250. The van der Waals surface area contributed by atoms with Crippen molar-refractivity contribution < 1.29 is 29.2 Å². The van der Waals surface area contributed by atoms with E-state index in [-0.39, 0.29) is 69.7 Å². The molecule has 8 heteroatoms. The van der Waals surface area contributed by atoms with Gasteiger partial charge in [-0.25, -0.2) is 0 Å². The van der Waals surface area contributed by atoms with Crippen LogP contribution in [0.1, 0.15) is 142 Å². The first-order valence-corrected chi connectivity index (χ1v) is 25.8. The average Bonchev–Trinajstić information content (AvgIpc) is 3.89. The van der Waals surface area contributed by atoms with Crippen molar-refractivity contribution in [2.75, 3.05) is 13.2 Å². The van der Waals surface area contributed by atoms with Crippen molar-refractivity contribution in [3.63, 3.8) is 0 Å². The number of rotatable bonds is 0. The SMILES string of the molecule is C[C@H]1CC[C@@]2(OC1)O[C@H]1C=C3[C@@H]4CC[C@H]5Cc6nc7c(nc6C[C@]5(C)[C@H]4C[C@@H](O)[C@]3(C)[C@H]1[C@@H]2C)C[C@@H]1CC[C@H]2C3=C[C@@H]4O[C@]5(CC[C@H](C)CO5)[C@@H](C)[C@@H]4[C@@]3(C)[C@@H](O)C[C@@H]2[C@@]1(C)C7. The molecule has 8 fully saturated rings. The van der Waals surface area contributed by atoms with Gasteiger partial charge in [-0.2, -0.15) is 0 Å². The second kappa shape index (κ2) is 13.1. The molecule has 0 radical (unpaired) electrons. The van der Waals surface area contributed by atoms with Crippen LogP contribution in [0.3, 0.4) is 0 Å². The maximum Gasteiger partial charge on any atom is 0.172 e. The highest BCUT2D eigenvalue weighted by molar-refractivity contribution is 5.40. The zero-order chi connectivity index (χ0) is 42.7. The van der Waals surface area contributed by atoms with Crippen LogP contribution < -0.4 is 0 Å². The zero-order valence-corrected chi connectivity index (χ0v) is 39.1. The van der Waals surface area contributed by atoms with Crippen molar-refractivity contribution in [2.45, 2.75) is 181 Å². The minimum Gasteiger partial charge on any atom is -0.392 e. The molecule has 8 nitrogen and oxygen atoms in total. The van der Waals surface area contributed by atoms with Crippen LogP contribution in [-0.4, -0.2) is 69.4 Å². The van der Waals surface area contributed by atoms with Crippen molar-refractivity contribution in [3.05, 3.63) is 46.1 Å². The molecular weight excluding hydrogens is 773 g/mol. The van der Waals surface area contributed by atoms with E-state index in [0.29, 0.717) is 47.3 Å². The van der Waals surface area contributed by atoms with Gasteiger partial charge in [0.1, 0.15) is 0 Å². The van der Waals surface area contributed by atoms with E-state index in [0.717, 1.165) is 77.4 Å². The Morgan fingerprint density at radius 2 is 0.984 bits per heavy atom. The minimum atomic E-state index is -0.498. The summed E-state index contributed by atoms with van der Waals surface area (Å²) in [5.41, 5.74) is 7.65. The maximum atomic E-state index is 12.4.